The fraction of sp³-hybridized carbons (Fsp3) is 0.100. The summed E-state index contributed by atoms with van der Waals surface area (Å²) in [7, 11) is 0. The maximum absolute atomic E-state index is 11.5. The lowest BCUT2D eigenvalue weighted by atomic mass is 10.1. The van der Waals surface area contributed by atoms with Gasteiger partial charge in [-0.05, 0) is 12.1 Å². The van der Waals surface area contributed by atoms with E-state index in [9.17, 15) is 14.9 Å². The van der Waals surface area contributed by atoms with Gasteiger partial charge >= 0.3 is 6.04 Å². The van der Waals surface area contributed by atoms with Crippen molar-refractivity contribution in [3.05, 3.63) is 51.4 Å². The lowest BCUT2D eigenvalue weighted by Crippen LogP contribution is -2.14. The Labute approximate surface area is 90.7 Å². The first-order valence-electron chi connectivity index (χ1n) is 4.15. The number of nitriles is 1. The highest BCUT2D eigenvalue weighted by Gasteiger charge is 2.24. The summed E-state index contributed by atoms with van der Waals surface area (Å²) in [6.45, 7) is 6.62. The maximum Gasteiger partial charge on any atom is 0.368 e. The van der Waals surface area contributed by atoms with Crippen molar-refractivity contribution in [2.24, 2.45) is 0 Å². The van der Waals surface area contributed by atoms with Gasteiger partial charge in [-0.15, -0.1) is 0 Å². The summed E-state index contributed by atoms with van der Waals surface area (Å²) in [5, 5.41) is 18.9. The Morgan fingerprint density at radius 2 is 2.06 bits per heavy atom. The van der Waals surface area contributed by atoms with Crippen molar-refractivity contribution in [1.29, 1.82) is 5.26 Å². The van der Waals surface area contributed by atoms with Crippen LogP contribution >= 0.6 is 0 Å². The molecule has 0 heterocycles. The molecule has 0 fully saturated rings. The van der Waals surface area contributed by atoms with Crippen molar-refractivity contribution < 1.29 is 9.72 Å². The van der Waals surface area contributed by atoms with E-state index in [1.165, 1.54) is 12.1 Å². The summed E-state index contributed by atoms with van der Waals surface area (Å²) in [5.74, 6) is -0.646. The molecule has 1 rings (SSSR count). The Kier molecular flexibility index (Phi) is 3.31. The number of nitro benzene ring substituents is 1. The highest BCUT2D eigenvalue weighted by molar-refractivity contribution is 6.03. The zero-order chi connectivity index (χ0) is 12.1. The van der Waals surface area contributed by atoms with Crippen molar-refractivity contribution in [3.8, 4) is 6.07 Å². The van der Waals surface area contributed by atoms with Gasteiger partial charge < -0.3 is 0 Å². The summed E-state index contributed by atoms with van der Waals surface area (Å²) in [5.41, 5.74) is -0.0268. The third-order valence-corrected chi connectivity index (χ3v) is 1.86. The number of carbonyl (C=O) groups excluding carboxylic acids is 1. The molecule has 0 amide bonds. The van der Waals surface area contributed by atoms with Crippen LogP contribution in [0.25, 0.3) is 4.85 Å². The second-order valence-corrected chi connectivity index (χ2v) is 2.83. The number of hydrogen-bond acceptors (Lipinski definition) is 4. The number of nitrogens with zero attached hydrogens (tertiary/aromatic N) is 3. The predicted octanol–water partition coefficient (Wildman–Crippen LogP) is 1.59. The Bertz CT molecular complexity index is 494. The van der Waals surface area contributed by atoms with Gasteiger partial charge in [0.05, 0.1) is 4.92 Å². The van der Waals surface area contributed by atoms with Crippen LogP contribution in [0.4, 0.5) is 5.69 Å². The molecular weight excluding hydrogens is 210 g/mol. The Balaban J connectivity index is 3.00. The molecule has 1 unspecified atom stereocenters. The van der Waals surface area contributed by atoms with E-state index in [2.05, 4.69) is 4.85 Å². The molecule has 6 nitrogen and oxygen atoms in total. The molecule has 0 spiro atoms. The van der Waals surface area contributed by atoms with Crippen molar-refractivity contribution in [2.45, 2.75) is 6.04 Å². The third kappa shape index (κ3) is 2.20. The molecule has 0 saturated carbocycles. The number of non-ortho nitro benzene ring substituents is 1. The van der Waals surface area contributed by atoms with Crippen molar-refractivity contribution in [2.75, 3.05) is 0 Å². The molecule has 6 heteroatoms. The number of nitro groups is 1. The highest BCUT2D eigenvalue weighted by Crippen LogP contribution is 2.13. The zero-order valence-corrected chi connectivity index (χ0v) is 7.95. The first kappa shape index (κ1) is 11.3. The van der Waals surface area contributed by atoms with Crippen LogP contribution in [-0.4, -0.2) is 16.7 Å². The molecule has 0 aliphatic heterocycles. The summed E-state index contributed by atoms with van der Waals surface area (Å²) in [6.07, 6.45) is 0. The van der Waals surface area contributed by atoms with Crippen LogP contribution in [0.1, 0.15) is 10.4 Å². The molecule has 0 aliphatic carbocycles. The number of carbonyl (C=O) groups is 1. The number of benzene rings is 1. The normalized spacial score (nSPS) is 10.9. The van der Waals surface area contributed by atoms with Crippen LogP contribution < -0.4 is 0 Å². The van der Waals surface area contributed by atoms with Gasteiger partial charge in [0.15, 0.2) is 6.07 Å². The largest absolute Gasteiger partial charge is 0.368 e. The SMILES string of the molecule is [C-]#[N+]C(C#N)C(=O)c1ccc([N+](=O)[O-])cc1. The minimum Gasteiger partial charge on any atom is -0.288 e. The lowest BCUT2D eigenvalue weighted by molar-refractivity contribution is -0.384. The Morgan fingerprint density at radius 3 is 2.44 bits per heavy atom. The predicted molar refractivity (Wildman–Crippen MR) is 53.4 cm³/mol. The van der Waals surface area contributed by atoms with E-state index in [-0.39, 0.29) is 11.3 Å². The van der Waals surface area contributed by atoms with Crippen LogP contribution in [0, 0.1) is 28.0 Å². The van der Waals surface area contributed by atoms with Crippen molar-refractivity contribution >= 4 is 11.5 Å². The fourth-order valence-electron chi connectivity index (χ4n) is 1.05. The van der Waals surface area contributed by atoms with E-state index in [1.54, 1.807) is 6.07 Å². The minimum atomic E-state index is -1.39. The standard InChI is InChI=1S/C10H5N3O3/c1-12-9(6-11)10(14)7-2-4-8(5-3-7)13(15)16/h2-5,9H. The molecule has 0 saturated heterocycles. The summed E-state index contributed by atoms with van der Waals surface area (Å²) in [6, 6.07) is 4.94. The van der Waals surface area contributed by atoms with E-state index in [1.807, 2.05) is 0 Å². The first-order valence-corrected chi connectivity index (χ1v) is 4.15. The van der Waals surface area contributed by atoms with Gasteiger partial charge in [0.1, 0.15) is 0 Å². The molecule has 1 aromatic rings. The molecule has 78 valence electrons. The average Bonchev–Trinajstić information content (AvgIpc) is 2.30. The van der Waals surface area contributed by atoms with Gasteiger partial charge in [-0.2, -0.15) is 5.26 Å². The second-order valence-electron chi connectivity index (χ2n) is 2.83. The van der Waals surface area contributed by atoms with E-state index in [4.69, 9.17) is 11.8 Å². The van der Waals surface area contributed by atoms with E-state index in [0.717, 1.165) is 12.1 Å². The van der Waals surface area contributed by atoms with Gasteiger partial charge in [0, 0.05) is 17.7 Å². The van der Waals surface area contributed by atoms with Gasteiger partial charge in [-0.25, -0.2) is 6.57 Å². The Morgan fingerprint density at radius 1 is 1.50 bits per heavy atom. The third-order valence-electron chi connectivity index (χ3n) is 1.86. The first-order chi connectivity index (χ1) is 7.60. The van der Waals surface area contributed by atoms with Crippen LogP contribution in [0.2, 0.25) is 0 Å². The molecule has 0 radical (unpaired) electrons. The number of rotatable bonds is 3. The van der Waals surface area contributed by atoms with Crippen molar-refractivity contribution in [1.82, 2.24) is 0 Å². The summed E-state index contributed by atoms with van der Waals surface area (Å²) in [4.78, 5) is 24.1. The van der Waals surface area contributed by atoms with Gasteiger partial charge in [0.2, 0.25) is 0 Å². The maximum atomic E-state index is 11.5. The molecule has 1 aromatic carbocycles. The highest BCUT2D eigenvalue weighted by atomic mass is 16.6. The summed E-state index contributed by atoms with van der Waals surface area (Å²) < 4.78 is 0. The zero-order valence-electron chi connectivity index (χ0n) is 7.95. The molecule has 16 heavy (non-hydrogen) atoms. The molecule has 0 N–H and O–H groups in total. The molecule has 1 atom stereocenters. The van der Waals surface area contributed by atoms with E-state index in [0.29, 0.717) is 0 Å². The van der Waals surface area contributed by atoms with Crippen LogP contribution in [-0.2, 0) is 0 Å². The topological polar surface area (TPSA) is 88.4 Å². The molecular formula is C10H5N3O3. The second kappa shape index (κ2) is 4.67. The number of hydrogen-bond donors (Lipinski definition) is 0. The van der Waals surface area contributed by atoms with Crippen LogP contribution in [0.15, 0.2) is 24.3 Å². The Hall–Kier alpha value is -2.73. The molecule has 0 bridgehead atoms. The van der Waals surface area contributed by atoms with Crippen LogP contribution in [0.3, 0.4) is 0 Å². The fourth-order valence-corrected chi connectivity index (χ4v) is 1.05. The van der Waals surface area contributed by atoms with Crippen molar-refractivity contribution in [3.63, 3.8) is 0 Å². The van der Waals surface area contributed by atoms with Gasteiger partial charge in [-0.1, -0.05) is 0 Å². The van der Waals surface area contributed by atoms with E-state index >= 15 is 0 Å². The van der Waals surface area contributed by atoms with E-state index < -0.39 is 16.7 Å². The summed E-state index contributed by atoms with van der Waals surface area (Å²) >= 11 is 0. The smallest absolute Gasteiger partial charge is 0.288 e. The number of ketones is 1. The lowest BCUT2D eigenvalue weighted by Gasteiger charge is -1.97. The molecule has 0 aliphatic rings. The monoisotopic (exact) mass is 215 g/mol. The average molecular weight is 215 g/mol. The number of Topliss-reactive ketones (excluding diaryl/α,β-unsaturated/α-hetero) is 1. The van der Waals surface area contributed by atoms with Gasteiger partial charge in [-0.3, -0.25) is 19.8 Å². The van der Waals surface area contributed by atoms with Crippen LogP contribution in [0.5, 0.6) is 0 Å². The minimum absolute atomic E-state index is 0.119. The van der Waals surface area contributed by atoms with Gasteiger partial charge in [0.25, 0.3) is 11.5 Å². The molecule has 0 aromatic heterocycles. The quantitative estimate of drug-likeness (QED) is 0.331.